The van der Waals surface area contributed by atoms with E-state index in [0.29, 0.717) is 61.3 Å². The first kappa shape index (κ1) is 34.6. The second-order valence-corrected chi connectivity index (χ2v) is 13.8. The fourth-order valence-corrected chi connectivity index (χ4v) is 7.49. The predicted molar refractivity (Wildman–Crippen MR) is 188 cm³/mol. The van der Waals surface area contributed by atoms with Gasteiger partial charge in [-0.25, -0.2) is 30.0 Å². The number of hydrogen-bond acceptors (Lipinski definition) is 14. The molecule has 2 amide bonds. The van der Waals surface area contributed by atoms with Crippen LogP contribution < -0.4 is 20.7 Å². The molecule has 0 radical (unpaired) electrons. The highest BCUT2D eigenvalue weighted by Crippen LogP contribution is 2.40. The Kier molecular flexibility index (Phi) is 8.80. The molecule has 2 saturated heterocycles. The number of likely N-dealkylation sites (N-methyl/N-ethyl adjacent to an activating group) is 1. The second kappa shape index (κ2) is 13.5. The number of anilines is 1. The fraction of sp³-hybridized carbons (Fsp3) is 0.417. The summed E-state index contributed by atoms with van der Waals surface area (Å²) in [4.78, 5) is 73.2. The van der Waals surface area contributed by atoms with E-state index < -0.39 is 23.6 Å². The van der Waals surface area contributed by atoms with Crippen molar-refractivity contribution in [2.24, 2.45) is 0 Å². The lowest BCUT2D eigenvalue weighted by molar-refractivity contribution is -0.172. The Bertz CT molecular complexity index is 2190. The molecule has 4 aliphatic heterocycles. The van der Waals surface area contributed by atoms with E-state index in [9.17, 15) is 24.3 Å². The number of piperazine rings is 2. The van der Waals surface area contributed by atoms with Crippen molar-refractivity contribution in [3.8, 4) is 17.1 Å². The number of nitrogens with one attached hydrogen (secondary N) is 1. The molecule has 0 saturated carbocycles. The molecule has 17 heteroatoms. The number of esters is 1. The molecule has 3 aromatic heterocycles. The number of aliphatic hydroxyl groups is 1. The van der Waals surface area contributed by atoms with E-state index in [2.05, 4.69) is 26.8 Å². The molecule has 2 fully saturated rings. The number of carbonyl (C=O) groups excluding carboxylic acids is 3. The van der Waals surface area contributed by atoms with Gasteiger partial charge in [0.05, 0.1) is 34.6 Å². The number of pyridine rings is 2. The average Bonchev–Trinajstić information content (AvgIpc) is 3.55. The molecule has 0 unspecified atom stereocenters. The number of aromatic nitrogens is 4. The van der Waals surface area contributed by atoms with Crippen LogP contribution >= 0.6 is 0 Å². The van der Waals surface area contributed by atoms with Crippen molar-refractivity contribution in [2.45, 2.75) is 38.6 Å². The Morgan fingerprint density at radius 1 is 1.02 bits per heavy atom. The van der Waals surface area contributed by atoms with Crippen molar-refractivity contribution in [1.29, 1.82) is 0 Å². The molecular weight excluding hydrogens is 686 g/mol. The van der Waals surface area contributed by atoms with Crippen LogP contribution in [-0.4, -0.2) is 122 Å². The van der Waals surface area contributed by atoms with Gasteiger partial charge in [0.25, 0.3) is 11.5 Å². The topological polar surface area (TPSA) is 196 Å². The van der Waals surface area contributed by atoms with Crippen molar-refractivity contribution < 1.29 is 34.2 Å². The second-order valence-electron chi connectivity index (χ2n) is 13.8. The number of ether oxygens (including phenoxy) is 2. The molecule has 1 aromatic carbocycles. The van der Waals surface area contributed by atoms with E-state index >= 15 is 0 Å². The summed E-state index contributed by atoms with van der Waals surface area (Å²) in [5.74, 6) is -0.638. The summed E-state index contributed by atoms with van der Waals surface area (Å²) >= 11 is 0. The lowest BCUT2D eigenvalue weighted by Crippen LogP contribution is -2.50. The van der Waals surface area contributed by atoms with Crippen molar-refractivity contribution in [3.63, 3.8) is 0 Å². The molecule has 0 spiro atoms. The highest BCUT2D eigenvalue weighted by molar-refractivity contribution is 5.93. The largest absolute Gasteiger partial charge is 0.458 e. The number of nitrogens with zero attached hydrogens (tertiary/aromatic N) is 8. The van der Waals surface area contributed by atoms with Crippen LogP contribution in [0.25, 0.3) is 22.3 Å². The molecule has 4 aromatic rings. The molecule has 1 atom stereocenters. The lowest BCUT2D eigenvalue weighted by atomic mass is 9.86. The molecule has 17 nitrogen and oxygen atoms in total. The van der Waals surface area contributed by atoms with Crippen molar-refractivity contribution >= 4 is 34.8 Å². The van der Waals surface area contributed by atoms with Crippen LogP contribution in [0.1, 0.15) is 46.0 Å². The van der Waals surface area contributed by atoms with Crippen molar-refractivity contribution in [1.82, 2.24) is 39.7 Å². The third kappa shape index (κ3) is 6.04. The summed E-state index contributed by atoms with van der Waals surface area (Å²) in [5, 5.41) is 20.9. The van der Waals surface area contributed by atoms with E-state index in [1.165, 1.54) is 12.4 Å². The smallest absolute Gasteiger partial charge is 0.415 e. The molecule has 8 rings (SSSR count). The van der Waals surface area contributed by atoms with E-state index in [1.807, 2.05) is 11.0 Å². The van der Waals surface area contributed by atoms with Gasteiger partial charge < -0.3 is 33.8 Å². The van der Waals surface area contributed by atoms with Gasteiger partial charge in [0.2, 0.25) is 5.95 Å². The normalized spacial score (nSPS) is 20.1. The van der Waals surface area contributed by atoms with Crippen molar-refractivity contribution in [3.05, 3.63) is 74.8 Å². The maximum Gasteiger partial charge on any atom is 0.415 e. The molecule has 53 heavy (non-hydrogen) atoms. The molecule has 276 valence electrons. The number of fused-ring (bicyclic) bond motifs is 5. The Balaban J connectivity index is 1.08. The fourth-order valence-electron chi connectivity index (χ4n) is 7.49. The first-order valence-electron chi connectivity index (χ1n) is 17.6. The summed E-state index contributed by atoms with van der Waals surface area (Å²) in [5.41, 5.74) is 3.36. The van der Waals surface area contributed by atoms with Gasteiger partial charge in [-0.05, 0) is 37.7 Å². The van der Waals surface area contributed by atoms with Gasteiger partial charge in [0.15, 0.2) is 5.60 Å². The lowest BCUT2D eigenvalue weighted by Gasteiger charge is -2.34. The summed E-state index contributed by atoms with van der Waals surface area (Å²) in [7, 11) is 2.09. The Morgan fingerprint density at radius 3 is 2.45 bits per heavy atom. The zero-order valence-electron chi connectivity index (χ0n) is 29.4. The minimum absolute atomic E-state index is 0.0577. The standard InChI is InChI=1S/C36H39N9O8/c1-3-36(50)26-15-28-30-21(18-45(28)32(47)25(26)20-52-33(36)48)14-23-24(19-42-8-6-41(2)7-9-42)29(5-4-27(23)39-30)53-35(49)44-12-10-43(11-13-44)34-37-16-22(17-38-34)31(46)40-51/h4-5,14-17,50-51H,3,6-13,18-20H2,1-2H3,(H,40,46)/t36-/m0/s1. The number of cyclic esters (lactones) is 1. The van der Waals surface area contributed by atoms with Crippen LogP contribution in [0, 0.1) is 0 Å². The first-order chi connectivity index (χ1) is 25.6. The Morgan fingerprint density at radius 2 is 1.75 bits per heavy atom. The number of hydrogen-bond donors (Lipinski definition) is 3. The summed E-state index contributed by atoms with van der Waals surface area (Å²) in [6.07, 6.45) is 2.22. The van der Waals surface area contributed by atoms with E-state index in [4.69, 9.17) is 19.7 Å². The monoisotopic (exact) mass is 725 g/mol. The molecule has 4 aliphatic rings. The maximum absolute atomic E-state index is 13.7. The van der Waals surface area contributed by atoms with Gasteiger partial charge >= 0.3 is 12.1 Å². The number of benzene rings is 1. The first-order valence-corrected chi connectivity index (χ1v) is 17.6. The number of rotatable bonds is 6. The van der Waals surface area contributed by atoms with Crippen LogP contribution in [0.3, 0.4) is 0 Å². The SMILES string of the molecule is CC[C@@]1(O)C(=O)OCc2c1cc1n(c2=O)Cc2cc3c(CN4CCN(C)CC4)c(OC(=O)N4CCN(c5ncc(C(=O)NO)cn5)CC4)ccc3nc2-1. The van der Waals surface area contributed by atoms with Crippen LogP contribution in [0.2, 0.25) is 0 Å². The van der Waals surface area contributed by atoms with Gasteiger partial charge in [-0.1, -0.05) is 6.92 Å². The minimum atomic E-state index is -1.91. The van der Waals surface area contributed by atoms with E-state index in [-0.39, 0.29) is 41.8 Å². The highest BCUT2D eigenvalue weighted by Gasteiger charge is 2.45. The highest BCUT2D eigenvalue weighted by atomic mass is 16.6. The number of amides is 2. The van der Waals surface area contributed by atoms with Crippen molar-refractivity contribution in [2.75, 3.05) is 64.3 Å². The predicted octanol–water partition coefficient (Wildman–Crippen LogP) is 1.06. The maximum atomic E-state index is 13.7. The molecule has 0 bridgehead atoms. The third-order valence-electron chi connectivity index (χ3n) is 10.8. The minimum Gasteiger partial charge on any atom is -0.458 e. The zero-order chi connectivity index (χ0) is 37.0. The van der Waals surface area contributed by atoms with Crippen LogP contribution in [0.5, 0.6) is 5.75 Å². The van der Waals surface area contributed by atoms with Gasteiger partial charge in [-0.2, -0.15) is 0 Å². The quantitative estimate of drug-likeness (QED) is 0.128. The number of hydroxylamine groups is 1. The number of carbonyl (C=O) groups is 3. The average molecular weight is 726 g/mol. The van der Waals surface area contributed by atoms with E-state index in [0.717, 1.165) is 42.7 Å². The summed E-state index contributed by atoms with van der Waals surface area (Å²) < 4.78 is 13.0. The molecule has 3 N–H and O–H groups in total. The third-order valence-corrected chi connectivity index (χ3v) is 10.8. The molecule has 0 aliphatic carbocycles. The Labute approximate surface area is 303 Å². The Hall–Kier alpha value is -5.49. The van der Waals surface area contributed by atoms with Gasteiger partial charge in [-0.15, -0.1) is 0 Å². The zero-order valence-corrected chi connectivity index (χ0v) is 29.4. The summed E-state index contributed by atoms with van der Waals surface area (Å²) in [6.45, 7) is 7.33. The summed E-state index contributed by atoms with van der Waals surface area (Å²) in [6, 6.07) is 7.28. The van der Waals surface area contributed by atoms with Crippen LogP contribution in [-0.2, 0) is 34.8 Å². The van der Waals surface area contributed by atoms with Crippen LogP contribution in [0.15, 0.2) is 41.5 Å². The molecular formula is C36H39N9O8. The van der Waals surface area contributed by atoms with Gasteiger partial charge in [0, 0.05) is 93.4 Å². The van der Waals surface area contributed by atoms with Gasteiger partial charge in [0.1, 0.15) is 12.4 Å². The molecule has 7 heterocycles. The van der Waals surface area contributed by atoms with E-state index in [1.54, 1.807) is 40.1 Å². The van der Waals surface area contributed by atoms with Crippen LogP contribution in [0.4, 0.5) is 10.7 Å². The van der Waals surface area contributed by atoms with Gasteiger partial charge in [-0.3, -0.25) is 19.7 Å².